The molecule has 2 N–H and O–H groups in total. The lowest BCUT2D eigenvalue weighted by Gasteiger charge is -2.16. The monoisotopic (exact) mass is 464 g/mol. The maximum absolute atomic E-state index is 13.0. The van der Waals surface area contributed by atoms with Gasteiger partial charge in [-0.25, -0.2) is 0 Å². The number of carbonyl (C=O) groups is 2. The van der Waals surface area contributed by atoms with Crippen molar-refractivity contribution in [3.63, 3.8) is 0 Å². The van der Waals surface area contributed by atoms with Crippen LogP contribution in [-0.4, -0.2) is 47.4 Å². The summed E-state index contributed by atoms with van der Waals surface area (Å²) in [5.74, 6) is -0.261. The van der Waals surface area contributed by atoms with Crippen molar-refractivity contribution in [3.8, 4) is 22.6 Å². The normalized spacial score (nSPS) is 13.6. The van der Waals surface area contributed by atoms with Crippen LogP contribution in [0.4, 0.5) is 5.69 Å². The molecule has 33 heavy (non-hydrogen) atoms. The summed E-state index contributed by atoms with van der Waals surface area (Å²) in [6, 6.07) is 19.2. The van der Waals surface area contributed by atoms with Gasteiger partial charge in [-0.3, -0.25) is 14.5 Å². The largest absolute Gasteiger partial charge is 0.507 e. The van der Waals surface area contributed by atoms with Gasteiger partial charge in [0.25, 0.3) is 11.1 Å². The van der Waals surface area contributed by atoms with Gasteiger partial charge >= 0.3 is 0 Å². The number of hydrogen-bond acceptors (Lipinski definition) is 5. The number of aromatic hydroxyl groups is 1. The molecule has 0 saturated carbocycles. The number of rotatable bonds is 8. The molecule has 7 heteroatoms. The lowest BCUT2D eigenvalue weighted by atomic mass is 10.0. The summed E-state index contributed by atoms with van der Waals surface area (Å²) in [5.41, 5.74) is 2.23. The van der Waals surface area contributed by atoms with E-state index in [1.165, 1.54) is 25.0 Å². The van der Waals surface area contributed by atoms with Crippen molar-refractivity contribution in [2.75, 3.05) is 31.6 Å². The average Bonchev–Trinajstić information content (AvgIpc) is 3.34. The maximum Gasteiger partial charge on any atom is 0.259 e. The first kappa shape index (κ1) is 22.8. The number of nitrogens with one attached hydrogen (secondary N) is 1. The fraction of sp³-hybridized carbons (Fsp3) is 0.231. The number of phenols is 1. The topological polar surface area (TPSA) is 78.9 Å². The molecule has 0 spiro atoms. The first-order chi connectivity index (χ1) is 16.0. The first-order valence-corrected chi connectivity index (χ1v) is 11.3. The Kier molecular flexibility index (Phi) is 7.27. The molecular formula is C26H25ClN2O4. The zero-order valence-electron chi connectivity index (χ0n) is 18.1. The minimum Gasteiger partial charge on any atom is -0.507 e. The molecule has 0 unspecified atom stereocenters. The highest BCUT2D eigenvalue weighted by Crippen LogP contribution is 2.29. The number of amides is 1. The molecule has 6 nitrogen and oxygen atoms in total. The Hall–Kier alpha value is -3.35. The van der Waals surface area contributed by atoms with Crippen LogP contribution in [-0.2, 0) is 0 Å². The highest BCUT2D eigenvalue weighted by molar-refractivity contribution is 6.68. The number of carbonyl (C=O) groups excluding carboxylic acids is 2. The zero-order chi connectivity index (χ0) is 23.2. The minimum atomic E-state index is -0.687. The SMILES string of the molecule is O=C(Nc1cc(-c2ccccc2)ccc1C(=O)Cl)c1cc(OCCN2CCCC2)ccc1O. The van der Waals surface area contributed by atoms with Gasteiger partial charge in [0.2, 0.25) is 0 Å². The van der Waals surface area contributed by atoms with Crippen LogP contribution in [0.15, 0.2) is 66.7 Å². The van der Waals surface area contributed by atoms with Crippen LogP contribution >= 0.6 is 11.6 Å². The molecule has 3 aromatic rings. The van der Waals surface area contributed by atoms with Crippen molar-refractivity contribution in [2.24, 2.45) is 0 Å². The van der Waals surface area contributed by atoms with Gasteiger partial charge in [-0.15, -0.1) is 0 Å². The minimum absolute atomic E-state index is 0.0479. The van der Waals surface area contributed by atoms with Crippen molar-refractivity contribution >= 4 is 28.4 Å². The van der Waals surface area contributed by atoms with Crippen LogP contribution in [0.25, 0.3) is 11.1 Å². The summed E-state index contributed by atoms with van der Waals surface area (Å²) in [6.45, 7) is 3.47. The number of nitrogens with zero attached hydrogens (tertiary/aromatic N) is 1. The number of phenolic OH excluding ortho intramolecular Hbond substituents is 1. The quantitative estimate of drug-likeness (QED) is 0.450. The van der Waals surface area contributed by atoms with Gasteiger partial charge in [-0.05, 0) is 79.0 Å². The van der Waals surface area contributed by atoms with E-state index >= 15 is 0 Å². The number of anilines is 1. The predicted molar refractivity (Wildman–Crippen MR) is 129 cm³/mol. The highest BCUT2D eigenvalue weighted by atomic mass is 35.5. The molecule has 1 saturated heterocycles. The Labute approximate surface area is 197 Å². The molecule has 0 radical (unpaired) electrons. The molecule has 0 aromatic heterocycles. The van der Waals surface area contributed by atoms with E-state index in [0.717, 1.165) is 30.8 Å². The molecule has 1 aliphatic heterocycles. The smallest absolute Gasteiger partial charge is 0.259 e. The van der Waals surface area contributed by atoms with Gasteiger partial charge < -0.3 is 15.2 Å². The van der Waals surface area contributed by atoms with Gasteiger partial charge in [0.15, 0.2) is 0 Å². The van der Waals surface area contributed by atoms with Crippen molar-refractivity contribution in [2.45, 2.75) is 12.8 Å². The third-order valence-electron chi connectivity index (χ3n) is 5.67. The molecule has 0 atom stereocenters. The number of hydrogen-bond donors (Lipinski definition) is 2. The Bertz CT molecular complexity index is 1140. The van der Waals surface area contributed by atoms with Gasteiger partial charge in [-0.2, -0.15) is 0 Å². The molecule has 3 aromatic carbocycles. The Balaban J connectivity index is 1.52. The summed E-state index contributed by atoms with van der Waals surface area (Å²) in [7, 11) is 0. The average molecular weight is 465 g/mol. The van der Waals surface area contributed by atoms with E-state index < -0.39 is 11.1 Å². The molecule has 4 rings (SSSR count). The van der Waals surface area contributed by atoms with E-state index in [0.29, 0.717) is 12.4 Å². The summed E-state index contributed by atoms with van der Waals surface area (Å²) >= 11 is 5.74. The van der Waals surface area contributed by atoms with Crippen LogP contribution in [0, 0.1) is 0 Å². The molecule has 170 valence electrons. The molecule has 1 aliphatic rings. The van der Waals surface area contributed by atoms with Crippen LogP contribution in [0.3, 0.4) is 0 Å². The zero-order valence-corrected chi connectivity index (χ0v) is 18.8. The summed E-state index contributed by atoms with van der Waals surface area (Å²) in [5, 5.41) is 12.3. The van der Waals surface area contributed by atoms with E-state index in [2.05, 4.69) is 10.2 Å². The van der Waals surface area contributed by atoms with E-state index in [9.17, 15) is 14.7 Å². The van der Waals surface area contributed by atoms with Crippen molar-refractivity contribution in [1.82, 2.24) is 4.90 Å². The van der Waals surface area contributed by atoms with Gasteiger partial charge in [0.05, 0.1) is 16.8 Å². The van der Waals surface area contributed by atoms with Gasteiger partial charge in [0, 0.05) is 6.54 Å². The van der Waals surface area contributed by atoms with E-state index in [4.69, 9.17) is 16.3 Å². The lowest BCUT2D eigenvalue weighted by Crippen LogP contribution is -2.25. The second kappa shape index (κ2) is 10.5. The molecular weight excluding hydrogens is 440 g/mol. The molecule has 1 amide bonds. The molecule has 0 bridgehead atoms. The second-order valence-corrected chi connectivity index (χ2v) is 8.27. The number of likely N-dealkylation sites (tertiary alicyclic amines) is 1. The molecule has 1 heterocycles. The van der Waals surface area contributed by atoms with Crippen LogP contribution < -0.4 is 10.1 Å². The van der Waals surface area contributed by atoms with Crippen molar-refractivity contribution in [1.29, 1.82) is 0 Å². The predicted octanol–water partition coefficient (Wildman–Crippen LogP) is 5.17. The number of benzene rings is 3. The van der Waals surface area contributed by atoms with Crippen molar-refractivity contribution in [3.05, 3.63) is 77.9 Å². The Morgan fingerprint density at radius 3 is 2.42 bits per heavy atom. The van der Waals surface area contributed by atoms with Crippen LogP contribution in [0.1, 0.15) is 33.6 Å². The van der Waals surface area contributed by atoms with Crippen molar-refractivity contribution < 1.29 is 19.4 Å². The summed E-state index contributed by atoms with van der Waals surface area (Å²) in [4.78, 5) is 27.3. The standard InChI is InChI=1S/C26H25ClN2O4/c27-25(31)21-10-8-19(18-6-2-1-3-7-18)16-23(21)28-26(32)22-17-20(9-11-24(22)30)33-15-14-29-12-4-5-13-29/h1-3,6-11,16-17,30H,4-5,12-15H2,(H,28,32). The van der Waals surface area contributed by atoms with E-state index in [1.54, 1.807) is 24.3 Å². The third-order valence-corrected chi connectivity index (χ3v) is 5.88. The van der Waals surface area contributed by atoms with E-state index in [-0.39, 0.29) is 22.6 Å². The number of halogens is 1. The third kappa shape index (κ3) is 5.72. The van der Waals surface area contributed by atoms with Gasteiger partial charge in [0.1, 0.15) is 18.1 Å². The maximum atomic E-state index is 13.0. The van der Waals surface area contributed by atoms with Crippen LogP contribution in [0.5, 0.6) is 11.5 Å². The summed E-state index contributed by atoms with van der Waals surface area (Å²) < 4.78 is 5.79. The first-order valence-electron chi connectivity index (χ1n) is 10.9. The molecule has 1 fully saturated rings. The fourth-order valence-electron chi connectivity index (χ4n) is 3.90. The Morgan fingerprint density at radius 2 is 1.70 bits per heavy atom. The summed E-state index contributed by atoms with van der Waals surface area (Å²) in [6.07, 6.45) is 2.42. The van der Waals surface area contributed by atoms with Gasteiger partial charge in [-0.1, -0.05) is 36.4 Å². The second-order valence-electron chi connectivity index (χ2n) is 7.93. The fourth-order valence-corrected chi connectivity index (χ4v) is 4.07. The van der Waals surface area contributed by atoms with Crippen LogP contribution in [0.2, 0.25) is 0 Å². The lowest BCUT2D eigenvalue weighted by molar-refractivity contribution is 0.102. The highest BCUT2D eigenvalue weighted by Gasteiger charge is 2.18. The Morgan fingerprint density at radius 1 is 0.939 bits per heavy atom. The molecule has 0 aliphatic carbocycles. The number of ether oxygens (including phenoxy) is 1. The van der Waals surface area contributed by atoms with E-state index in [1.807, 2.05) is 30.3 Å².